The molecule has 0 N–H and O–H groups in total. The molecule has 0 saturated heterocycles. The molecule has 2 heterocycles. The largest absolute Gasteiger partial charge is 0.369 e. The number of carbonyl (C=O) groups excluding carboxylic acids is 1. The van der Waals surface area contributed by atoms with Crippen LogP contribution in [0.4, 0.5) is 0 Å². The Morgan fingerprint density at radius 1 is 1.50 bits per heavy atom. The van der Waals surface area contributed by atoms with Crippen LogP contribution in [-0.2, 0) is 11.3 Å². The van der Waals surface area contributed by atoms with Gasteiger partial charge in [0.2, 0.25) is 0 Å². The standard InChI is InChI=1S/C8H6BrNO2/c9-8-1-6-5(2-10-8)3-12-4-7(6)11/h1-2H,3-4H2. The third-order valence-electron chi connectivity index (χ3n) is 1.74. The highest BCUT2D eigenvalue weighted by atomic mass is 79.9. The number of Topliss-reactive ketones (excluding diaryl/α,β-unsaturated/α-hetero) is 1. The minimum absolute atomic E-state index is 0.0272. The molecule has 12 heavy (non-hydrogen) atoms. The van der Waals surface area contributed by atoms with Gasteiger partial charge in [-0.2, -0.15) is 0 Å². The van der Waals surface area contributed by atoms with Crippen molar-refractivity contribution >= 4 is 21.7 Å². The molecule has 1 aromatic heterocycles. The molecule has 0 spiro atoms. The molecule has 4 heteroatoms. The van der Waals surface area contributed by atoms with Crippen LogP contribution >= 0.6 is 15.9 Å². The molecule has 62 valence electrons. The third-order valence-corrected chi connectivity index (χ3v) is 2.18. The summed E-state index contributed by atoms with van der Waals surface area (Å²) in [6.45, 7) is 0.671. The van der Waals surface area contributed by atoms with Crippen molar-refractivity contribution in [3.63, 3.8) is 0 Å². The summed E-state index contributed by atoms with van der Waals surface area (Å²) in [5.74, 6) is 0.0272. The highest BCUT2D eigenvalue weighted by Crippen LogP contribution is 2.18. The molecule has 0 atom stereocenters. The van der Waals surface area contributed by atoms with E-state index in [9.17, 15) is 4.79 Å². The number of ketones is 1. The van der Waals surface area contributed by atoms with E-state index >= 15 is 0 Å². The van der Waals surface area contributed by atoms with E-state index in [0.717, 1.165) is 11.1 Å². The molecule has 1 aromatic rings. The Kier molecular flexibility index (Phi) is 1.94. The molecule has 0 aliphatic carbocycles. The molecule has 2 rings (SSSR count). The van der Waals surface area contributed by atoms with Crippen molar-refractivity contribution in [1.82, 2.24) is 4.98 Å². The highest BCUT2D eigenvalue weighted by molar-refractivity contribution is 9.10. The van der Waals surface area contributed by atoms with Crippen LogP contribution in [0.5, 0.6) is 0 Å². The van der Waals surface area contributed by atoms with Gasteiger partial charge in [0.05, 0.1) is 6.61 Å². The number of rotatable bonds is 0. The quantitative estimate of drug-likeness (QED) is 0.632. The average molecular weight is 228 g/mol. The van der Waals surface area contributed by atoms with Crippen LogP contribution < -0.4 is 0 Å². The summed E-state index contributed by atoms with van der Waals surface area (Å²) in [6.07, 6.45) is 1.66. The fourth-order valence-electron chi connectivity index (χ4n) is 1.16. The number of hydrogen-bond acceptors (Lipinski definition) is 3. The summed E-state index contributed by atoms with van der Waals surface area (Å²) in [4.78, 5) is 15.3. The third kappa shape index (κ3) is 1.28. The van der Waals surface area contributed by atoms with Gasteiger partial charge in [0, 0.05) is 17.3 Å². The molecular formula is C8H6BrNO2. The number of halogens is 1. The molecule has 1 aliphatic heterocycles. The summed E-state index contributed by atoms with van der Waals surface area (Å²) in [5.41, 5.74) is 1.59. The van der Waals surface area contributed by atoms with E-state index in [1.54, 1.807) is 12.3 Å². The lowest BCUT2D eigenvalue weighted by Crippen LogP contribution is -2.18. The predicted octanol–water partition coefficient (Wildman–Crippen LogP) is 1.56. The number of nitrogens with zero attached hydrogens (tertiary/aromatic N) is 1. The topological polar surface area (TPSA) is 39.2 Å². The smallest absolute Gasteiger partial charge is 0.188 e. The van der Waals surface area contributed by atoms with Gasteiger partial charge >= 0.3 is 0 Å². The van der Waals surface area contributed by atoms with Crippen molar-refractivity contribution in [3.8, 4) is 0 Å². The van der Waals surface area contributed by atoms with Gasteiger partial charge < -0.3 is 4.74 Å². The summed E-state index contributed by atoms with van der Waals surface area (Å²) in [5, 5.41) is 0. The second-order valence-corrected chi connectivity index (χ2v) is 3.39. The minimum atomic E-state index is 0.0272. The number of aromatic nitrogens is 1. The van der Waals surface area contributed by atoms with Gasteiger partial charge in [0.1, 0.15) is 11.2 Å². The van der Waals surface area contributed by atoms with E-state index in [1.807, 2.05) is 0 Å². The van der Waals surface area contributed by atoms with E-state index in [-0.39, 0.29) is 12.4 Å². The Morgan fingerprint density at radius 3 is 3.17 bits per heavy atom. The Bertz CT molecular complexity index is 338. The minimum Gasteiger partial charge on any atom is -0.369 e. The van der Waals surface area contributed by atoms with Crippen molar-refractivity contribution in [3.05, 3.63) is 28.0 Å². The monoisotopic (exact) mass is 227 g/mol. The van der Waals surface area contributed by atoms with E-state index in [0.29, 0.717) is 11.2 Å². The van der Waals surface area contributed by atoms with Crippen molar-refractivity contribution < 1.29 is 9.53 Å². The fraction of sp³-hybridized carbons (Fsp3) is 0.250. The first-order valence-corrected chi connectivity index (χ1v) is 4.32. The molecular weight excluding hydrogens is 222 g/mol. The normalized spacial score (nSPS) is 15.9. The van der Waals surface area contributed by atoms with Crippen LogP contribution in [0.3, 0.4) is 0 Å². The molecule has 0 radical (unpaired) electrons. The first kappa shape index (κ1) is 7.89. The zero-order valence-corrected chi connectivity index (χ0v) is 7.80. The average Bonchev–Trinajstić information content (AvgIpc) is 2.07. The maximum Gasteiger partial charge on any atom is 0.188 e. The highest BCUT2D eigenvalue weighted by Gasteiger charge is 2.17. The molecule has 0 aromatic carbocycles. The van der Waals surface area contributed by atoms with E-state index in [2.05, 4.69) is 20.9 Å². The lowest BCUT2D eigenvalue weighted by molar-refractivity contribution is 0.0664. The van der Waals surface area contributed by atoms with Crippen LogP contribution in [0.25, 0.3) is 0 Å². The van der Waals surface area contributed by atoms with Crippen LogP contribution in [0.15, 0.2) is 16.9 Å². The van der Waals surface area contributed by atoms with Gasteiger partial charge in [-0.3, -0.25) is 4.79 Å². The summed E-state index contributed by atoms with van der Waals surface area (Å²) >= 11 is 3.21. The maximum atomic E-state index is 11.3. The molecule has 0 bridgehead atoms. The zero-order chi connectivity index (χ0) is 8.55. The molecule has 0 saturated carbocycles. The Hall–Kier alpha value is -0.740. The van der Waals surface area contributed by atoms with Crippen molar-refractivity contribution in [2.45, 2.75) is 6.61 Å². The predicted molar refractivity (Wildman–Crippen MR) is 45.9 cm³/mol. The Labute approximate surface area is 77.9 Å². The SMILES string of the molecule is O=C1COCc2cnc(Br)cc21. The van der Waals surface area contributed by atoms with Gasteiger partial charge in [0.15, 0.2) is 5.78 Å². The van der Waals surface area contributed by atoms with Gasteiger partial charge in [-0.1, -0.05) is 0 Å². The van der Waals surface area contributed by atoms with E-state index in [4.69, 9.17) is 4.74 Å². The molecule has 0 unspecified atom stereocenters. The molecule has 0 fully saturated rings. The summed E-state index contributed by atoms with van der Waals surface area (Å²) < 4.78 is 5.73. The fourth-order valence-corrected chi connectivity index (χ4v) is 1.50. The second kappa shape index (κ2) is 2.95. The Balaban J connectivity index is 2.54. The number of hydrogen-bond donors (Lipinski definition) is 0. The van der Waals surface area contributed by atoms with E-state index in [1.165, 1.54) is 0 Å². The van der Waals surface area contributed by atoms with Crippen molar-refractivity contribution in [1.29, 1.82) is 0 Å². The van der Waals surface area contributed by atoms with Crippen molar-refractivity contribution in [2.24, 2.45) is 0 Å². The van der Waals surface area contributed by atoms with Gasteiger partial charge in [-0.25, -0.2) is 4.98 Å². The van der Waals surface area contributed by atoms with Crippen LogP contribution in [0, 0.1) is 0 Å². The first-order valence-electron chi connectivity index (χ1n) is 3.53. The zero-order valence-electron chi connectivity index (χ0n) is 6.21. The van der Waals surface area contributed by atoms with Crippen LogP contribution in [0.1, 0.15) is 15.9 Å². The first-order chi connectivity index (χ1) is 5.77. The van der Waals surface area contributed by atoms with Gasteiger partial charge in [-0.05, 0) is 22.0 Å². The maximum absolute atomic E-state index is 11.3. The summed E-state index contributed by atoms with van der Waals surface area (Å²) in [7, 11) is 0. The van der Waals surface area contributed by atoms with Crippen LogP contribution in [0.2, 0.25) is 0 Å². The lowest BCUT2D eigenvalue weighted by atomic mass is 10.1. The van der Waals surface area contributed by atoms with E-state index < -0.39 is 0 Å². The van der Waals surface area contributed by atoms with Crippen LogP contribution in [-0.4, -0.2) is 17.4 Å². The summed E-state index contributed by atoms with van der Waals surface area (Å²) in [6, 6.07) is 1.74. The molecule has 1 aliphatic rings. The number of carbonyl (C=O) groups is 1. The molecule has 0 amide bonds. The number of ether oxygens (including phenoxy) is 1. The lowest BCUT2D eigenvalue weighted by Gasteiger charge is -2.14. The van der Waals surface area contributed by atoms with Gasteiger partial charge in [0.25, 0.3) is 0 Å². The number of pyridine rings is 1. The molecule has 3 nitrogen and oxygen atoms in total. The second-order valence-electron chi connectivity index (χ2n) is 2.58. The Morgan fingerprint density at radius 2 is 2.33 bits per heavy atom. The number of fused-ring (bicyclic) bond motifs is 1. The van der Waals surface area contributed by atoms with Crippen molar-refractivity contribution in [2.75, 3.05) is 6.61 Å². The van der Waals surface area contributed by atoms with Gasteiger partial charge in [-0.15, -0.1) is 0 Å².